The van der Waals surface area contributed by atoms with Gasteiger partial charge in [0.1, 0.15) is 0 Å². The molecule has 2 atom stereocenters. The largest absolute Gasteiger partial charge is 0.469 e. The average molecular weight is 219 g/mol. The second-order valence-electron chi connectivity index (χ2n) is 3.51. The fourth-order valence-electron chi connectivity index (χ4n) is 1.32. The van der Waals surface area contributed by atoms with E-state index < -0.39 is 0 Å². The van der Waals surface area contributed by atoms with Crippen LogP contribution in [-0.2, 0) is 9.53 Å². The summed E-state index contributed by atoms with van der Waals surface area (Å²) in [6.07, 6.45) is 2.92. The molecule has 3 nitrogen and oxygen atoms in total. The van der Waals surface area contributed by atoms with Crippen LogP contribution in [0.15, 0.2) is 0 Å². The topological polar surface area (TPSA) is 38.3 Å². The summed E-state index contributed by atoms with van der Waals surface area (Å²) < 4.78 is 4.67. The minimum Gasteiger partial charge on any atom is -0.469 e. The number of hydrogen-bond acceptors (Lipinski definition) is 4. The molecule has 0 spiro atoms. The number of rotatable bonds is 7. The van der Waals surface area contributed by atoms with Crippen LogP contribution in [0.5, 0.6) is 0 Å². The van der Waals surface area contributed by atoms with Gasteiger partial charge in [0.25, 0.3) is 0 Å². The van der Waals surface area contributed by atoms with Crippen molar-refractivity contribution in [1.29, 1.82) is 0 Å². The van der Waals surface area contributed by atoms with Gasteiger partial charge in [-0.1, -0.05) is 6.92 Å². The monoisotopic (exact) mass is 219 g/mol. The molecule has 0 aromatic heterocycles. The smallest absolute Gasteiger partial charge is 0.308 e. The summed E-state index contributed by atoms with van der Waals surface area (Å²) in [7, 11) is 1.44. The van der Waals surface area contributed by atoms with E-state index in [1.54, 1.807) is 0 Å². The van der Waals surface area contributed by atoms with Crippen LogP contribution in [-0.4, -0.2) is 37.7 Å². The Morgan fingerprint density at radius 3 is 2.64 bits per heavy atom. The van der Waals surface area contributed by atoms with Crippen molar-refractivity contribution in [3.05, 3.63) is 0 Å². The number of hydrogen-bond donors (Lipinski definition) is 1. The Labute approximate surface area is 91.0 Å². The fraction of sp³-hybridized carbons (Fsp3) is 0.900. The lowest BCUT2D eigenvalue weighted by molar-refractivity contribution is -0.145. The van der Waals surface area contributed by atoms with Crippen molar-refractivity contribution in [3.8, 4) is 0 Å². The zero-order valence-electron chi connectivity index (χ0n) is 9.50. The van der Waals surface area contributed by atoms with Gasteiger partial charge < -0.3 is 10.1 Å². The van der Waals surface area contributed by atoms with E-state index in [1.807, 2.05) is 18.7 Å². The highest BCUT2D eigenvalue weighted by Crippen LogP contribution is 2.07. The third-order valence-corrected chi connectivity index (χ3v) is 2.72. The van der Waals surface area contributed by atoms with Crippen LogP contribution >= 0.6 is 11.8 Å². The van der Waals surface area contributed by atoms with Crippen LogP contribution in [0.2, 0.25) is 0 Å². The molecule has 0 aromatic carbocycles. The summed E-state index contributed by atoms with van der Waals surface area (Å²) in [5.41, 5.74) is 0. The molecule has 14 heavy (non-hydrogen) atoms. The summed E-state index contributed by atoms with van der Waals surface area (Å²) in [5.74, 6) is 0.969. The van der Waals surface area contributed by atoms with Gasteiger partial charge in [-0.25, -0.2) is 0 Å². The van der Waals surface area contributed by atoms with Crippen molar-refractivity contribution in [2.75, 3.05) is 25.7 Å². The van der Waals surface area contributed by atoms with E-state index in [1.165, 1.54) is 7.11 Å². The highest BCUT2D eigenvalue weighted by atomic mass is 32.2. The first-order valence-corrected chi connectivity index (χ1v) is 6.31. The SMILES string of the molecule is COC(=O)C(C)CC(C)NCCSC. The number of methoxy groups -OCH3 is 1. The van der Waals surface area contributed by atoms with Crippen molar-refractivity contribution in [3.63, 3.8) is 0 Å². The Balaban J connectivity index is 3.59. The van der Waals surface area contributed by atoms with Crippen molar-refractivity contribution in [2.45, 2.75) is 26.3 Å². The molecule has 0 aliphatic rings. The Bertz CT molecular complexity index is 164. The predicted molar refractivity (Wildman–Crippen MR) is 61.6 cm³/mol. The zero-order valence-corrected chi connectivity index (χ0v) is 10.3. The fourth-order valence-corrected chi connectivity index (χ4v) is 1.64. The van der Waals surface area contributed by atoms with E-state index in [0.717, 1.165) is 18.7 Å². The van der Waals surface area contributed by atoms with Crippen molar-refractivity contribution >= 4 is 17.7 Å². The molecule has 0 saturated heterocycles. The molecule has 0 amide bonds. The van der Waals surface area contributed by atoms with Crippen LogP contribution in [0.25, 0.3) is 0 Å². The molecule has 0 radical (unpaired) electrons. The second kappa shape index (κ2) is 8.12. The Morgan fingerprint density at radius 1 is 1.50 bits per heavy atom. The van der Waals surface area contributed by atoms with Gasteiger partial charge in [0.05, 0.1) is 13.0 Å². The second-order valence-corrected chi connectivity index (χ2v) is 4.49. The number of thioether (sulfide) groups is 1. The van der Waals surface area contributed by atoms with Gasteiger partial charge in [-0.15, -0.1) is 0 Å². The Kier molecular flexibility index (Phi) is 7.99. The molecule has 2 unspecified atom stereocenters. The standard InChI is InChI=1S/C10H21NO2S/c1-8(10(12)13-3)7-9(2)11-5-6-14-4/h8-9,11H,5-7H2,1-4H3. The van der Waals surface area contributed by atoms with Gasteiger partial charge in [0.2, 0.25) is 0 Å². The molecule has 0 bridgehead atoms. The molecule has 0 heterocycles. The highest BCUT2D eigenvalue weighted by Gasteiger charge is 2.15. The third-order valence-electron chi connectivity index (χ3n) is 2.11. The quantitative estimate of drug-likeness (QED) is 0.520. The minimum absolute atomic E-state index is 0.0169. The van der Waals surface area contributed by atoms with Gasteiger partial charge in [-0.05, 0) is 19.6 Å². The summed E-state index contributed by atoms with van der Waals surface area (Å²) in [6, 6.07) is 0.372. The van der Waals surface area contributed by atoms with E-state index in [4.69, 9.17) is 0 Å². The molecular formula is C10H21NO2S. The Hall–Kier alpha value is -0.220. The predicted octanol–water partition coefficient (Wildman–Crippen LogP) is 1.53. The summed E-state index contributed by atoms with van der Waals surface area (Å²) in [5, 5.41) is 3.36. The van der Waals surface area contributed by atoms with E-state index in [0.29, 0.717) is 6.04 Å². The van der Waals surface area contributed by atoms with Crippen LogP contribution < -0.4 is 5.32 Å². The van der Waals surface area contributed by atoms with E-state index in [-0.39, 0.29) is 11.9 Å². The maximum atomic E-state index is 11.1. The zero-order chi connectivity index (χ0) is 11.0. The van der Waals surface area contributed by atoms with Gasteiger partial charge in [-0.3, -0.25) is 4.79 Å². The summed E-state index contributed by atoms with van der Waals surface area (Å²) >= 11 is 1.82. The first-order valence-electron chi connectivity index (χ1n) is 4.92. The Morgan fingerprint density at radius 2 is 2.14 bits per heavy atom. The lowest BCUT2D eigenvalue weighted by atomic mass is 10.0. The van der Waals surface area contributed by atoms with E-state index in [2.05, 4.69) is 23.2 Å². The van der Waals surface area contributed by atoms with Gasteiger partial charge in [0, 0.05) is 18.3 Å². The lowest BCUT2D eigenvalue weighted by Gasteiger charge is -2.16. The van der Waals surface area contributed by atoms with Crippen LogP contribution in [0, 0.1) is 5.92 Å². The van der Waals surface area contributed by atoms with Gasteiger partial charge in [0.15, 0.2) is 0 Å². The molecule has 0 aliphatic heterocycles. The van der Waals surface area contributed by atoms with Crippen LogP contribution in [0.3, 0.4) is 0 Å². The highest BCUT2D eigenvalue weighted by molar-refractivity contribution is 7.98. The minimum atomic E-state index is -0.122. The number of esters is 1. The number of ether oxygens (including phenoxy) is 1. The lowest BCUT2D eigenvalue weighted by Crippen LogP contribution is -2.31. The van der Waals surface area contributed by atoms with Crippen molar-refractivity contribution in [2.24, 2.45) is 5.92 Å². The molecule has 84 valence electrons. The summed E-state index contributed by atoms with van der Waals surface area (Å²) in [4.78, 5) is 11.1. The molecule has 0 fully saturated rings. The number of carbonyl (C=O) groups excluding carboxylic acids is 1. The van der Waals surface area contributed by atoms with Crippen molar-refractivity contribution in [1.82, 2.24) is 5.32 Å². The molecule has 1 N–H and O–H groups in total. The van der Waals surface area contributed by atoms with Gasteiger partial charge >= 0.3 is 5.97 Å². The maximum absolute atomic E-state index is 11.1. The first kappa shape index (κ1) is 13.8. The van der Waals surface area contributed by atoms with Gasteiger partial charge in [-0.2, -0.15) is 11.8 Å². The third kappa shape index (κ3) is 6.27. The number of nitrogens with one attached hydrogen (secondary N) is 1. The molecular weight excluding hydrogens is 198 g/mol. The van der Waals surface area contributed by atoms with E-state index >= 15 is 0 Å². The van der Waals surface area contributed by atoms with E-state index in [9.17, 15) is 4.79 Å². The van der Waals surface area contributed by atoms with Crippen molar-refractivity contribution < 1.29 is 9.53 Å². The molecule has 0 rings (SSSR count). The maximum Gasteiger partial charge on any atom is 0.308 e. The average Bonchev–Trinajstić information content (AvgIpc) is 2.16. The molecule has 0 saturated carbocycles. The molecule has 0 aromatic rings. The van der Waals surface area contributed by atoms with Crippen LogP contribution in [0.1, 0.15) is 20.3 Å². The molecule has 0 aliphatic carbocycles. The molecule has 4 heteroatoms. The number of carbonyl (C=O) groups is 1. The summed E-state index contributed by atoms with van der Waals surface area (Å²) in [6.45, 7) is 4.99. The van der Waals surface area contributed by atoms with Crippen LogP contribution in [0.4, 0.5) is 0 Å². The normalized spacial score (nSPS) is 14.9. The first-order chi connectivity index (χ1) is 6.61.